The van der Waals surface area contributed by atoms with Gasteiger partial charge >= 0.3 is 12.0 Å². The SMILES string of the molecule is CCC(C(=O)O)N(C)C(=O)N1CCCC(C)(O)C1. The van der Waals surface area contributed by atoms with E-state index in [1.54, 1.807) is 13.8 Å². The third-order valence-corrected chi connectivity index (χ3v) is 3.39. The smallest absolute Gasteiger partial charge is 0.326 e. The van der Waals surface area contributed by atoms with E-state index < -0.39 is 17.6 Å². The molecule has 0 aromatic rings. The zero-order valence-electron chi connectivity index (χ0n) is 11.2. The molecule has 1 heterocycles. The highest BCUT2D eigenvalue weighted by molar-refractivity contribution is 5.82. The van der Waals surface area contributed by atoms with Crippen LogP contribution in [0.5, 0.6) is 0 Å². The second kappa shape index (κ2) is 5.56. The second-order valence-corrected chi connectivity index (χ2v) is 5.18. The molecule has 0 aromatic carbocycles. The quantitative estimate of drug-likeness (QED) is 0.782. The molecule has 6 heteroatoms. The number of amides is 2. The summed E-state index contributed by atoms with van der Waals surface area (Å²) in [5, 5.41) is 19.0. The standard InChI is InChI=1S/C12H22N2O4/c1-4-9(10(15)16)13(3)11(17)14-7-5-6-12(2,18)8-14/h9,18H,4-8H2,1-3H3,(H,15,16). The molecule has 2 amide bonds. The van der Waals surface area contributed by atoms with Gasteiger partial charge in [0.25, 0.3) is 0 Å². The summed E-state index contributed by atoms with van der Waals surface area (Å²) < 4.78 is 0. The van der Waals surface area contributed by atoms with Crippen molar-refractivity contribution in [3.05, 3.63) is 0 Å². The van der Waals surface area contributed by atoms with Gasteiger partial charge in [-0.2, -0.15) is 0 Å². The summed E-state index contributed by atoms with van der Waals surface area (Å²) in [6, 6.07) is -1.14. The predicted molar refractivity (Wildman–Crippen MR) is 66.3 cm³/mol. The van der Waals surface area contributed by atoms with Gasteiger partial charge in [0, 0.05) is 13.6 Å². The molecule has 1 saturated heterocycles. The van der Waals surface area contributed by atoms with Gasteiger partial charge < -0.3 is 20.0 Å². The molecule has 1 aliphatic rings. The van der Waals surface area contributed by atoms with E-state index in [0.717, 1.165) is 6.42 Å². The van der Waals surface area contributed by atoms with Crippen molar-refractivity contribution in [2.75, 3.05) is 20.1 Å². The van der Waals surface area contributed by atoms with Crippen molar-refractivity contribution in [3.8, 4) is 0 Å². The summed E-state index contributed by atoms with van der Waals surface area (Å²) in [5.74, 6) is -1.00. The van der Waals surface area contributed by atoms with Gasteiger partial charge in [-0.3, -0.25) is 0 Å². The topological polar surface area (TPSA) is 81.1 Å². The Balaban J connectivity index is 2.71. The molecule has 1 fully saturated rings. The Morgan fingerprint density at radius 2 is 2.11 bits per heavy atom. The second-order valence-electron chi connectivity index (χ2n) is 5.18. The monoisotopic (exact) mass is 258 g/mol. The number of carboxylic acid groups (broad SMARTS) is 1. The molecule has 1 rings (SSSR count). The van der Waals surface area contributed by atoms with Gasteiger partial charge in [0.1, 0.15) is 6.04 Å². The van der Waals surface area contributed by atoms with Gasteiger partial charge in [-0.15, -0.1) is 0 Å². The summed E-state index contributed by atoms with van der Waals surface area (Å²) in [5.41, 5.74) is -0.875. The summed E-state index contributed by atoms with van der Waals surface area (Å²) in [4.78, 5) is 26.0. The molecule has 2 N–H and O–H groups in total. The van der Waals surface area contributed by atoms with Gasteiger partial charge in [0.2, 0.25) is 0 Å². The van der Waals surface area contributed by atoms with Crippen molar-refractivity contribution in [2.45, 2.75) is 44.8 Å². The van der Waals surface area contributed by atoms with Crippen LogP contribution in [0, 0.1) is 0 Å². The molecule has 0 aromatic heterocycles. The molecule has 0 aliphatic carbocycles. The maximum atomic E-state index is 12.2. The molecule has 2 atom stereocenters. The van der Waals surface area contributed by atoms with Gasteiger partial charge in [-0.05, 0) is 26.2 Å². The highest BCUT2D eigenvalue weighted by atomic mass is 16.4. The van der Waals surface area contributed by atoms with Crippen molar-refractivity contribution in [1.29, 1.82) is 0 Å². The summed E-state index contributed by atoms with van der Waals surface area (Å²) in [6.07, 6.45) is 1.76. The first-order valence-corrected chi connectivity index (χ1v) is 6.25. The normalized spacial score (nSPS) is 25.7. The Morgan fingerprint density at radius 1 is 1.50 bits per heavy atom. The molecule has 0 spiro atoms. The first-order chi connectivity index (χ1) is 8.28. The number of likely N-dealkylation sites (N-methyl/N-ethyl adjacent to an activating group) is 1. The molecular formula is C12H22N2O4. The first-order valence-electron chi connectivity index (χ1n) is 6.25. The van der Waals surface area contributed by atoms with E-state index in [2.05, 4.69) is 0 Å². The Bertz CT molecular complexity index is 330. The minimum absolute atomic E-state index is 0.256. The average Bonchev–Trinajstić information content (AvgIpc) is 2.26. The van der Waals surface area contributed by atoms with E-state index in [9.17, 15) is 14.7 Å². The van der Waals surface area contributed by atoms with Crippen molar-refractivity contribution in [3.63, 3.8) is 0 Å². The number of urea groups is 1. The van der Waals surface area contributed by atoms with Crippen molar-refractivity contribution in [2.24, 2.45) is 0 Å². The third kappa shape index (κ3) is 3.35. The summed E-state index contributed by atoms with van der Waals surface area (Å²) >= 11 is 0. The Morgan fingerprint density at radius 3 is 2.56 bits per heavy atom. The zero-order chi connectivity index (χ0) is 13.9. The molecule has 0 radical (unpaired) electrons. The van der Waals surface area contributed by atoms with E-state index >= 15 is 0 Å². The van der Waals surface area contributed by atoms with Gasteiger partial charge in [-0.1, -0.05) is 6.92 Å². The zero-order valence-corrected chi connectivity index (χ0v) is 11.2. The molecule has 0 bridgehead atoms. The number of carbonyl (C=O) groups is 2. The van der Waals surface area contributed by atoms with Crippen LogP contribution in [-0.2, 0) is 4.79 Å². The fraction of sp³-hybridized carbons (Fsp3) is 0.833. The fourth-order valence-electron chi connectivity index (χ4n) is 2.35. The molecule has 1 aliphatic heterocycles. The number of piperidine rings is 1. The van der Waals surface area contributed by atoms with Gasteiger partial charge in [-0.25, -0.2) is 9.59 Å². The van der Waals surface area contributed by atoms with E-state index in [-0.39, 0.29) is 12.6 Å². The lowest BCUT2D eigenvalue weighted by molar-refractivity contribution is -0.142. The number of hydrogen-bond acceptors (Lipinski definition) is 3. The van der Waals surface area contributed by atoms with Crippen LogP contribution in [-0.4, -0.2) is 63.8 Å². The first kappa shape index (κ1) is 14.8. The summed E-state index contributed by atoms with van der Waals surface area (Å²) in [7, 11) is 1.49. The molecule has 0 saturated carbocycles. The van der Waals surface area contributed by atoms with Crippen LogP contribution < -0.4 is 0 Å². The number of aliphatic hydroxyl groups is 1. The lowest BCUT2D eigenvalue weighted by atomic mass is 9.95. The third-order valence-electron chi connectivity index (χ3n) is 3.39. The predicted octanol–water partition coefficient (Wildman–Crippen LogP) is 0.748. The van der Waals surface area contributed by atoms with E-state index in [4.69, 9.17) is 5.11 Å². The highest BCUT2D eigenvalue weighted by Gasteiger charge is 2.34. The highest BCUT2D eigenvalue weighted by Crippen LogP contribution is 2.21. The molecule has 104 valence electrons. The number of hydrogen-bond donors (Lipinski definition) is 2. The summed E-state index contributed by atoms with van der Waals surface area (Å²) in [6.45, 7) is 4.25. The van der Waals surface area contributed by atoms with Crippen LogP contribution in [0.15, 0.2) is 0 Å². The number of carboxylic acids is 1. The largest absolute Gasteiger partial charge is 0.480 e. The number of nitrogens with zero attached hydrogens (tertiary/aromatic N) is 2. The lowest BCUT2D eigenvalue weighted by Gasteiger charge is -2.39. The van der Waals surface area contributed by atoms with Crippen molar-refractivity contribution in [1.82, 2.24) is 9.80 Å². The van der Waals surface area contributed by atoms with Crippen LogP contribution >= 0.6 is 0 Å². The Hall–Kier alpha value is -1.30. The number of rotatable bonds is 3. The Kier molecular flexibility index (Phi) is 4.56. The maximum absolute atomic E-state index is 12.2. The lowest BCUT2D eigenvalue weighted by Crippen LogP contribution is -2.55. The van der Waals surface area contributed by atoms with E-state index in [1.165, 1.54) is 16.8 Å². The number of carbonyl (C=O) groups excluding carboxylic acids is 1. The van der Waals surface area contributed by atoms with Crippen molar-refractivity contribution >= 4 is 12.0 Å². The number of aliphatic carboxylic acids is 1. The number of likely N-dealkylation sites (tertiary alicyclic amines) is 1. The van der Waals surface area contributed by atoms with Crippen LogP contribution in [0.3, 0.4) is 0 Å². The molecule has 6 nitrogen and oxygen atoms in total. The molecule has 2 unspecified atom stereocenters. The number of β-amino-alcohol motifs (C(OH)–C–C–N with tert-alkyl or cyclic N) is 1. The molecular weight excluding hydrogens is 236 g/mol. The van der Waals surface area contributed by atoms with E-state index in [0.29, 0.717) is 19.4 Å². The van der Waals surface area contributed by atoms with Crippen LogP contribution in [0.25, 0.3) is 0 Å². The van der Waals surface area contributed by atoms with Gasteiger partial charge in [0.15, 0.2) is 0 Å². The van der Waals surface area contributed by atoms with Gasteiger partial charge in [0.05, 0.1) is 12.1 Å². The average molecular weight is 258 g/mol. The van der Waals surface area contributed by atoms with Crippen LogP contribution in [0.4, 0.5) is 4.79 Å². The van der Waals surface area contributed by atoms with Crippen LogP contribution in [0.1, 0.15) is 33.1 Å². The van der Waals surface area contributed by atoms with E-state index in [1.807, 2.05) is 0 Å². The van der Waals surface area contributed by atoms with Crippen molar-refractivity contribution < 1.29 is 19.8 Å². The Labute approximate surface area is 107 Å². The molecule has 18 heavy (non-hydrogen) atoms. The van der Waals surface area contributed by atoms with Crippen LogP contribution in [0.2, 0.25) is 0 Å². The fourth-order valence-corrected chi connectivity index (χ4v) is 2.35. The minimum Gasteiger partial charge on any atom is -0.480 e. The minimum atomic E-state index is -1.00. The maximum Gasteiger partial charge on any atom is 0.326 e.